The summed E-state index contributed by atoms with van der Waals surface area (Å²) >= 11 is 6.46. The molecule has 0 saturated carbocycles. The van der Waals surface area contributed by atoms with E-state index in [0.29, 0.717) is 0 Å². The normalized spacial score (nSPS) is 9.40. The van der Waals surface area contributed by atoms with Crippen LogP contribution in [0.1, 0.15) is 11.9 Å². The minimum absolute atomic E-state index is 0.781. The summed E-state index contributed by atoms with van der Waals surface area (Å²) in [4.78, 5) is 4.85. The zero-order chi connectivity index (χ0) is 7.56. The second-order valence-electron chi connectivity index (χ2n) is 1.92. The number of hydrogen-bond acceptors (Lipinski definition) is 3. The Morgan fingerprint density at radius 3 is 2.90 bits per heavy atom. The average Bonchev–Trinajstić information content (AvgIpc) is 2.13. The molecule has 54 valence electrons. The van der Waals surface area contributed by atoms with Gasteiger partial charge in [0.2, 0.25) is 0 Å². The van der Waals surface area contributed by atoms with Crippen LogP contribution in [0.5, 0.6) is 0 Å². The average molecular weight is 172 g/mol. The highest BCUT2D eigenvalue weighted by Crippen LogP contribution is 2.16. The Hall–Kier alpha value is -0.480. The van der Waals surface area contributed by atoms with Gasteiger partial charge in [0.1, 0.15) is 5.00 Å². The van der Waals surface area contributed by atoms with Crippen molar-refractivity contribution in [2.45, 2.75) is 13.8 Å². The maximum absolute atomic E-state index is 4.85. The second-order valence-corrected chi connectivity index (χ2v) is 3.77. The van der Waals surface area contributed by atoms with E-state index in [4.69, 9.17) is 12.2 Å². The highest BCUT2D eigenvalue weighted by molar-refractivity contribution is 7.80. The van der Waals surface area contributed by atoms with Gasteiger partial charge in [-0.05, 0) is 13.8 Å². The monoisotopic (exact) mass is 172 g/mol. The first-order valence-electron chi connectivity index (χ1n) is 2.88. The quantitative estimate of drug-likeness (QED) is 0.657. The number of thiazole rings is 1. The molecule has 0 atom stereocenters. The number of aryl methyl sites for hydroxylation is 1. The van der Waals surface area contributed by atoms with Gasteiger partial charge >= 0.3 is 0 Å². The lowest BCUT2D eigenvalue weighted by atomic mass is 10.7. The fourth-order valence-corrected chi connectivity index (χ4v) is 1.50. The van der Waals surface area contributed by atoms with Crippen molar-refractivity contribution in [2.75, 3.05) is 5.32 Å². The number of rotatable bonds is 1. The zero-order valence-corrected chi connectivity index (χ0v) is 7.47. The number of hydrogen-bond donors (Lipinski definition) is 1. The molecule has 0 unspecified atom stereocenters. The standard InChI is InChI=1S/C6H8N2S2/c1-4(9)8-6-3-7-5(2)10-6/h3H,1-2H3,(H,8,9). The van der Waals surface area contributed by atoms with Crippen molar-refractivity contribution in [3.8, 4) is 0 Å². The number of thiocarbonyl (C=S) groups is 1. The van der Waals surface area contributed by atoms with Crippen molar-refractivity contribution >= 4 is 33.5 Å². The minimum atomic E-state index is 0.781. The summed E-state index contributed by atoms with van der Waals surface area (Å²) in [6.45, 7) is 3.82. The third-order valence-electron chi connectivity index (χ3n) is 0.921. The largest absolute Gasteiger partial charge is 0.341 e. The van der Waals surface area contributed by atoms with Gasteiger partial charge in [0.15, 0.2) is 0 Å². The molecule has 0 aromatic carbocycles. The molecule has 0 amide bonds. The molecule has 0 aliphatic carbocycles. The highest BCUT2D eigenvalue weighted by atomic mass is 32.1. The first-order chi connectivity index (χ1) is 4.68. The van der Waals surface area contributed by atoms with E-state index in [-0.39, 0.29) is 0 Å². The molecule has 2 nitrogen and oxygen atoms in total. The van der Waals surface area contributed by atoms with Crippen molar-refractivity contribution < 1.29 is 0 Å². The first kappa shape index (κ1) is 7.63. The maximum atomic E-state index is 4.85. The summed E-state index contributed by atoms with van der Waals surface area (Å²) in [5.41, 5.74) is 0. The second kappa shape index (κ2) is 3.07. The SMILES string of the molecule is CC(=S)Nc1cnc(C)s1. The molecular weight excluding hydrogens is 164 g/mol. The van der Waals surface area contributed by atoms with Gasteiger partial charge in [-0.15, -0.1) is 11.3 Å². The van der Waals surface area contributed by atoms with Crippen LogP contribution in [0, 0.1) is 6.92 Å². The van der Waals surface area contributed by atoms with E-state index in [1.54, 1.807) is 17.5 Å². The lowest BCUT2D eigenvalue weighted by Crippen LogP contribution is -2.00. The number of nitrogens with one attached hydrogen (secondary N) is 1. The zero-order valence-electron chi connectivity index (χ0n) is 5.84. The van der Waals surface area contributed by atoms with E-state index in [2.05, 4.69) is 10.3 Å². The summed E-state index contributed by atoms with van der Waals surface area (Å²) in [6.07, 6.45) is 1.79. The Labute approximate surface area is 69.3 Å². The van der Waals surface area contributed by atoms with Gasteiger partial charge in [-0.3, -0.25) is 0 Å². The molecule has 0 bridgehead atoms. The molecule has 1 aromatic rings. The Morgan fingerprint density at radius 2 is 2.50 bits per heavy atom. The van der Waals surface area contributed by atoms with E-state index in [9.17, 15) is 0 Å². The van der Waals surface area contributed by atoms with Crippen molar-refractivity contribution in [1.82, 2.24) is 4.98 Å². The third-order valence-corrected chi connectivity index (χ3v) is 1.85. The van der Waals surface area contributed by atoms with Crippen LogP contribution in [-0.4, -0.2) is 9.97 Å². The molecule has 0 aliphatic heterocycles. The molecule has 0 spiro atoms. The lowest BCUT2D eigenvalue weighted by molar-refractivity contribution is 1.30. The molecule has 0 aliphatic rings. The van der Waals surface area contributed by atoms with E-state index in [1.807, 2.05) is 13.8 Å². The van der Waals surface area contributed by atoms with Crippen molar-refractivity contribution in [3.05, 3.63) is 11.2 Å². The molecule has 1 heterocycles. The van der Waals surface area contributed by atoms with Gasteiger partial charge in [0.25, 0.3) is 0 Å². The van der Waals surface area contributed by atoms with Crippen LogP contribution in [-0.2, 0) is 0 Å². The summed E-state index contributed by atoms with van der Waals surface area (Å²) in [5, 5.41) is 5.09. The fraction of sp³-hybridized carbons (Fsp3) is 0.333. The van der Waals surface area contributed by atoms with Gasteiger partial charge in [-0.1, -0.05) is 12.2 Å². The molecule has 0 fully saturated rings. The van der Waals surface area contributed by atoms with Crippen LogP contribution in [0.3, 0.4) is 0 Å². The molecule has 1 aromatic heterocycles. The van der Waals surface area contributed by atoms with Crippen LogP contribution in [0.25, 0.3) is 0 Å². The maximum Gasteiger partial charge on any atom is 0.113 e. The van der Waals surface area contributed by atoms with E-state index < -0.39 is 0 Å². The predicted molar refractivity (Wildman–Crippen MR) is 48.7 cm³/mol. The topological polar surface area (TPSA) is 24.9 Å². The van der Waals surface area contributed by atoms with E-state index >= 15 is 0 Å². The Bertz CT molecular complexity index is 242. The van der Waals surface area contributed by atoms with Crippen molar-refractivity contribution in [1.29, 1.82) is 0 Å². The number of aromatic nitrogens is 1. The molecule has 10 heavy (non-hydrogen) atoms. The van der Waals surface area contributed by atoms with Gasteiger partial charge in [-0.2, -0.15) is 0 Å². The molecule has 4 heteroatoms. The van der Waals surface area contributed by atoms with E-state index in [1.165, 1.54) is 0 Å². The summed E-state index contributed by atoms with van der Waals surface area (Å²) < 4.78 is 0. The smallest absolute Gasteiger partial charge is 0.113 e. The molecular formula is C6H8N2S2. The van der Waals surface area contributed by atoms with Gasteiger partial charge in [-0.25, -0.2) is 4.98 Å². The summed E-state index contributed by atoms with van der Waals surface area (Å²) in [6, 6.07) is 0. The van der Waals surface area contributed by atoms with Crippen LogP contribution in [0.2, 0.25) is 0 Å². The highest BCUT2D eigenvalue weighted by Gasteiger charge is 1.95. The van der Waals surface area contributed by atoms with Crippen molar-refractivity contribution in [3.63, 3.8) is 0 Å². The van der Waals surface area contributed by atoms with Gasteiger partial charge in [0, 0.05) is 0 Å². The molecule has 0 radical (unpaired) electrons. The molecule has 0 saturated heterocycles. The molecule has 1 N–H and O–H groups in total. The van der Waals surface area contributed by atoms with Gasteiger partial charge in [0.05, 0.1) is 16.2 Å². The molecule has 1 rings (SSSR count). The number of nitrogens with zero attached hydrogens (tertiary/aromatic N) is 1. The Balaban J connectivity index is 2.67. The lowest BCUT2D eigenvalue weighted by Gasteiger charge is -1.95. The van der Waals surface area contributed by atoms with Crippen LogP contribution < -0.4 is 5.32 Å². The summed E-state index contributed by atoms with van der Waals surface area (Å²) in [7, 11) is 0. The van der Waals surface area contributed by atoms with Crippen LogP contribution in [0.15, 0.2) is 6.20 Å². The third kappa shape index (κ3) is 2.04. The summed E-state index contributed by atoms with van der Waals surface area (Å²) in [5.74, 6) is 0. The first-order valence-corrected chi connectivity index (χ1v) is 4.11. The Kier molecular flexibility index (Phi) is 2.34. The van der Waals surface area contributed by atoms with Crippen molar-refractivity contribution in [2.24, 2.45) is 0 Å². The van der Waals surface area contributed by atoms with Gasteiger partial charge < -0.3 is 5.32 Å². The van der Waals surface area contributed by atoms with Crippen LogP contribution in [0.4, 0.5) is 5.00 Å². The van der Waals surface area contributed by atoms with E-state index in [0.717, 1.165) is 15.0 Å². The predicted octanol–water partition coefficient (Wildman–Crippen LogP) is 2.21. The van der Waals surface area contributed by atoms with Crippen LogP contribution >= 0.6 is 23.6 Å². The Morgan fingerprint density at radius 1 is 1.80 bits per heavy atom. The number of anilines is 1. The minimum Gasteiger partial charge on any atom is -0.341 e. The fourth-order valence-electron chi connectivity index (χ4n) is 0.593.